The number of halogens is 2. The fraction of sp³-hybridized carbons (Fsp3) is 0.176. The van der Waals surface area contributed by atoms with Crippen molar-refractivity contribution in [1.82, 2.24) is 9.55 Å². The van der Waals surface area contributed by atoms with Gasteiger partial charge in [-0.05, 0) is 24.3 Å². The van der Waals surface area contributed by atoms with E-state index in [1.807, 2.05) is 0 Å². The molecule has 0 aliphatic heterocycles. The van der Waals surface area contributed by atoms with E-state index in [-0.39, 0.29) is 22.5 Å². The minimum absolute atomic E-state index is 0.0525. The van der Waals surface area contributed by atoms with Gasteiger partial charge in [0.1, 0.15) is 0 Å². The lowest BCUT2D eigenvalue weighted by atomic mass is 10.2. The lowest BCUT2D eigenvalue weighted by Gasteiger charge is -2.17. The number of imidazole rings is 1. The molecule has 0 unspecified atom stereocenters. The topological polar surface area (TPSA) is 81.3 Å². The Labute approximate surface area is 156 Å². The van der Waals surface area contributed by atoms with E-state index in [1.54, 1.807) is 24.3 Å². The summed E-state index contributed by atoms with van der Waals surface area (Å²) >= 11 is 0.913. The number of amides is 1. The van der Waals surface area contributed by atoms with E-state index in [1.165, 1.54) is 36.2 Å². The van der Waals surface area contributed by atoms with Crippen molar-refractivity contribution >= 4 is 40.1 Å². The van der Waals surface area contributed by atoms with Crippen LogP contribution in [0.2, 0.25) is 0 Å². The van der Waals surface area contributed by atoms with Crippen molar-refractivity contribution in [3.8, 4) is 0 Å². The van der Waals surface area contributed by atoms with Gasteiger partial charge in [-0.25, -0.2) is 4.98 Å². The summed E-state index contributed by atoms with van der Waals surface area (Å²) in [7, 11) is 1.51. The van der Waals surface area contributed by atoms with Crippen molar-refractivity contribution < 1.29 is 18.5 Å². The lowest BCUT2D eigenvalue weighted by molar-refractivity contribution is -0.384. The molecule has 0 aliphatic carbocycles. The standard InChI is InChI=1S/C17H14F2N4O3S/c1-21(11-6-8-12(9-7-11)23(25)26)15(24)10-27-17-20-13-4-2-3-5-14(13)22(17)16(18)19/h2-9,16H,10H2,1H3. The van der Waals surface area contributed by atoms with Crippen LogP contribution in [-0.4, -0.2) is 33.2 Å². The van der Waals surface area contributed by atoms with Crippen molar-refractivity contribution in [3.63, 3.8) is 0 Å². The van der Waals surface area contributed by atoms with E-state index < -0.39 is 11.5 Å². The van der Waals surface area contributed by atoms with Crippen LogP contribution in [0, 0.1) is 10.1 Å². The van der Waals surface area contributed by atoms with Gasteiger partial charge < -0.3 is 4.90 Å². The minimum Gasteiger partial charge on any atom is -0.315 e. The quantitative estimate of drug-likeness (QED) is 0.358. The van der Waals surface area contributed by atoms with Crippen molar-refractivity contribution in [2.75, 3.05) is 17.7 Å². The van der Waals surface area contributed by atoms with Crippen LogP contribution in [0.15, 0.2) is 53.7 Å². The van der Waals surface area contributed by atoms with Gasteiger partial charge in [0, 0.05) is 24.9 Å². The Morgan fingerprint density at radius 3 is 2.56 bits per heavy atom. The Balaban J connectivity index is 1.74. The predicted molar refractivity (Wildman–Crippen MR) is 98.2 cm³/mol. The molecule has 1 heterocycles. The van der Waals surface area contributed by atoms with E-state index >= 15 is 0 Å². The monoisotopic (exact) mass is 392 g/mol. The maximum Gasteiger partial charge on any atom is 0.321 e. The number of nitrogens with zero attached hydrogens (tertiary/aromatic N) is 4. The van der Waals surface area contributed by atoms with Crippen LogP contribution in [0.3, 0.4) is 0 Å². The molecule has 27 heavy (non-hydrogen) atoms. The molecule has 1 aromatic heterocycles. The number of carbonyl (C=O) groups excluding carboxylic acids is 1. The maximum absolute atomic E-state index is 13.4. The van der Waals surface area contributed by atoms with Gasteiger partial charge in [0.15, 0.2) is 5.16 Å². The SMILES string of the molecule is CN(C(=O)CSc1nc2ccccc2n1C(F)F)c1ccc([N+](=O)[O-])cc1. The Morgan fingerprint density at radius 1 is 1.26 bits per heavy atom. The van der Waals surface area contributed by atoms with Gasteiger partial charge in [-0.3, -0.25) is 19.5 Å². The largest absolute Gasteiger partial charge is 0.321 e. The van der Waals surface area contributed by atoms with Gasteiger partial charge in [0.2, 0.25) is 5.91 Å². The Morgan fingerprint density at radius 2 is 1.93 bits per heavy atom. The summed E-state index contributed by atoms with van der Waals surface area (Å²) < 4.78 is 27.6. The summed E-state index contributed by atoms with van der Waals surface area (Å²) in [4.78, 5) is 28.0. The number of fused-ring (bicyclic) bond motifs is 1. The smallest absolute Gasteiger partial charge is 0.315 e. The molecule has 0 spiro atoms. The zero-order valence-corrected chi connectivity index (χ0v) is 14.9. The maximum atomic E-state index is 13.4. The molecule has 3 aromatic rings. The second-order valence-electron chi connectivity index (χ2n) is 5.55. The van der Waals surface area contributed by atoms with Gasteiger partial charge in [-0.2, -0.15) is 8.78 Å². The van der Waals surface area contributed by atoms with Crippen LogP contribution in [0.25, 0.3) is 11.0 Å². The second-order valence-corrected chi connectivity index (χ2v) is 6.49. The Bertz CT molecular complexity index is 992. The molecule has 0 saturated carbocycles. The molecule has 0 radical (unpaired) electrons. The number of hydrogen-bond acceptors (Lipinski definition) is 5. The van der Waals surface area contributed by atoms with Crippen LogP contribution in [0.5, 0.6) is 0 Å². The number of hydrogen-bond donors (Lipinski definition) is 0. The van der Waals surface area contributed by atoms with Crippen LogP contribution in [0.1, 0.15) is 6.55 Å². The van der Waals surface area contributed by atoms with Crippen LogP contribution in [0.4, 0.5) is 20.2 Å². The zero-order chi connectivity index (χ0) is 19.6. The summed E-state index contributed by atoms with van der Waals surface area (Å²) in [6, 6.07) is 12.0. The van der Waals surface area contributed by atoms with Crippen LogP contribution >= 0.6 is 11.8 Å². The highest BCUT2D eigenvalue weighted by atomic mass is 32.2. The molecular formula is C17H14F2N4O3S. The minimum atomic E-state index is -2.78. The summed E-state index contributed by atoms with van der Waals surface area (Å²) in [5.41, 5.74) is 1.11. The van der Waals surface area contributed by atoms with Crippen molar-refractivity contribution in [1.29, 1.82) is 0 Å². The molecule has 0 fully saturated rings. The van der Waals surface area contributed by atoms with Gasteiger partial charge in [0.05, 0.1) is 21.7 Å². The van der Waals surface area contributed by atoms with Crippen LogP contribution < -0.4 is 4.90 Å². The number of carbonyl (C=O) groups is 1. The van der Waals surface area contributed by atoms with Crippen LogP contribution in [-0.2, 0) is 4.79 Å². The molecule has 7 nitrogen and oxygen atoms in total. The number of aromatic nitrogens is 2. The molecular weight excluding hydrogens is 378 g/mol. The van der Waals surface area contributed by atoms with Gasteiger partial charge >= 0.3 is 6.55 Å². The molecule has 10 heteroatoms. The van der Waals surface area contributed by atoms with Crippen molar-refractivity contribution in [3.05, 3.63) is 58.6 Å². The lowest BCUT2D eigenvalue weighted by Crippen LogP contribution is -2.28. The van der Waals surface area contributed by atoms with E-state index in [9.17, 15) is 23.7 Å². The van der Waals surface area contributed by atoms with Crippen molar-refractivity contribution in [2.45, 2.75) is 11.7 Å². The van der Waals surface area contributed by atoms with E-state index in [4.69, 9.17) is 0 Å². The highest BCUT2D eigenvalue weighted by molar-refractivity contribution is 7.99. The number of benzene rings is 2. The first-order chi connectivity index (χ1) is 12.9. The first-order valence-electron chi connectivity index (χ1n) is 7.77. The normalized spacial score (nSPS) is 11.1. The average Bonchev–Trinajstić information content (AvgIpc) is 3.04. The first-order valence-corrected chi connectivity index (χ1v) is 8.76. The molecule has 140 valence electrons. The van der Waals surface area contributed by atoms with Crippen molar-refractivity contribution in [2.24, 2.45) is 0 Å². The molecule has 0 aliphatic rings. The Hall–Kier alpha value is -3.01. The number of alkyl halides is 2. The van der Waals surface area contributed by atoms with Gasteiger partial charge in [-0.15, -0.1) is 0 Å². The highest BCUT2D eigenvalue weighted by Gasteiger charge is 2.20. The molecule has 0 bridgehead atoms. The number of nitro benzene ring substituents is 1. The zero-order valence-electron chi connectivity index (χ0n) is 14.1. The summed E-state index contributed by atoms with van der Waals surface area (Å²) in [5, 5.41) is 10.7. The van der Waals surface area contributed by atoms with E-state index in [2.05, 4.69) is 4.98 Å². The van der Waals surface area contributed by atoms with Gasteiger partial charge in [-0.1, -0.05) is 23.9 Å². The number of para-hydroxylation sites is 2. The first kappa shape index (κ1) is 18.8. The number of rotatable bonds is 6. The van der Waals surface area contributed by atoms with Gasteiger partial charge in [0.25, 0.3) is 5.69 Å². The van der Waals surface area contributed by atoms with E-state index in [0.717, 1.165) is 16.3 Å². The fourth-order valence-corrected chi connectivity index (χ4v) is 3.40. The molecule has 2 aromatic carbocycles. The Kier molecular flexibility index (Phi) is 5.36. The number of anilines is 1. The third-order valence-electron chi connectivity index (χ3n) is 3.91. The summed E-state index contributed by atoms with van der Waals surface area (Å²) in [6.45, 7) is -2.78. The summed E-state index contributed by atoms with van der Waals surface area (Å²) in [5.74, 6) is -0.453. The molecule has 0 atom stereocenters. The molecule has 0 saturated heterocycles. The number of thioether (sulfide) groups is 1. The fourth-order valence-electron chi connectivity index (χ4n) is 2.48. The highest BCUT2D eigenvalue weighted by Crippen LogP contribution is 2.29. The van der Waals surface area contributed by atoms with E-state index in [0.29, 0.717) is 16.7 Å². The third-order valence-corrected chi connectivity index (χ3v) is 4.84. The molecule has 1 amide bonds. The third kappa shape index (κ3) is 3.90. The average molecular weight is 392 g/mol. The predicted octanol–water partition coefficient (Wildman–Crippen LogP) is 4.09. The number of non-ortho nitro benzene ring substituents is 1. The summed E-state index contributed by atoms with van der Waals surface area (Å²) in [6.07, 6.45) is 0. The second kappa shape index (κ2) is 7.70. The number of nitro groups is 1. The molecule has 3 rings (SSSR count). The molecule has 0 N–H and O–H groups in total.